The molecule has 0 aromatic heterocycles. The molecule has 4 N–H and O–H groups in total. The largest absolute Gasteiger partial charge is 0.317 e. The van der Waals surface area contributed by atoms with E-state index in [0.29, 0.717) is 0 Å². The maximum absolute atomic E-state index is 3.62. The molecule has 126 valence electrons. The van der Waals surface area contributed by atoms with Gasteiger partial charge >= 0.3 is 0 Å². The molecule has 1 rings (SSSR count). The first kappa shape index (κ1) is 18.9. The van der Waals surface area contributed by atoms with Gasteiger partial charge in [-0.2, -0.15) is 0 Å². The van der Waals surface area contributed by atoms with Crippen LogP contribution in [0.3, 0.4) is 0 Å². The van der Waals surface area contributed by atoms with E-state index < -0.39 is 0 Å². The summed E-state index contributed by atoms with van der Waals surface area (Å²) in [5.41, 5.74) is 0. The van der Waals surface area contributed by atoms with Crippen molar-refractivity contribution in [3.8, 4) is 0 Å². The SMILES string of the molecule is CCNCCCCNCC1C[C@H]1CNCCCCNCC. The van der Waals surface area contributed by atoms with Gasteiger partial charge in [-0.3, -0.25) is 0 Å². The lowest BCUT2D eigenvalue weighted by molar-refractivity contribution is 0.531. The molecule has 0 spiro atoms. The highest BCUT2D eigenvalue weighted by Gasteiger charge is 2.35. The summed E-state index contributed by atoms with van der Waals surface area (Å²) in [4.78, 5) is 0. The van der Waals surface area contributed by atoms with Crippen LogP contribution in [0.25, 0.3) is 0 Å². The highest BCUT2D eigenvalue weighted by Crippen LogP contribution is 2.36. The summed E-state index contributed by atoms with van der Waals surface area (Å²) in [7, 11) is 0. The lowest BCUT2D eigenvalue weighted by Gasteiger charge is -2.06. The van der Waals surface area contributed by atoms with E-state index >= 15 is 0 Å². The molecule has 2 atom stereocenters. The Morgan fingerprint density at radius 3 is 1.38 bits per heavy atom. The van der Waals surface area contributed by atoms with Crippen LogP contribution in [0.15, 0.2) is 0 Å². The summed E-state index contributed by atoms with van der Waals surface area (Å²) < 4.78 is 0. The third-order valence-corrected chi connectivity index (χ3v) is 4.30. The van der Waals surface area contributed by atoms with E-state index in [1.54, 1.807) is 0 Å². The lowest BCUT2D eigenvalue weighted by atomic mass is 10.2. The highest BCUT2D eigenvalue weighted by molar-refractivity contribution is 4.89. The molecule has 1 unspecified atom stereocenters. The summed E-state index contributed by atoms with van der Waals surface area (Å²) in [6.07, 6.45) is 6.62. The number of unbranched alkanes of at least 4 members (excludes halogenated alkanes) is 2. The van der Waals surface area contributed by atoms with E-state index in [-0.39, 0.29) is 0 Å². The van der Waals surface area contributed by atoms with Crippen LogP contribution in [0.5, 0.6) is 0 Å². The monoisotopic (exact) mass is 298 g/mol. The van der Waals surface area contributed by atoms with Crippen LogP contribution in [0, 0.1) is 11.8 Å². The highest BCUT2D eigenvalue weighted by atomic mass is 14.9. The first-order chi connectivity index (χ1) is 10.4. The molecule has 0 amide bonds. The molecular formula is C17H38N4. The van der Waals surface area contributed by atoms with Crippen LogP contribution in [0.2, 0.25) is 0 Å². The fourth-order valence-electron chi connectivity index (χ4n) is 2.74. The first-order valence-corrected chi connectivity index (χ1v) is 9.21. The van der Waals surface area contributed by atoms with Crippen molar-refractivity contribution >= 4 is 0 Å². The number of nitrogens with one attached hydrogen (secondary N) is 4. The Morgan fingerprint density at radius 2 is 1.00 bits per heavy atom. The van der Waals surface area contributed by atoms with Gasteiger partial charge in [0.05, 0.1) is 0 Å². The van der Waals surface area contributed by atoms with Crippen molar-refractivity contribution in [3.05, 3.63) is 0 Å². The molecule has 1 fully saturated rings. The topological polar surface area (TPSA) is 48.1 Å². The smallest absolute Gasteiger partial charge is 0.00173 e. The van der Waals surface area contributed by atoms with Crippen molar-refractivity contribution in [2.75, 3.05) is 52.4 Å². The standard InChI is InChI=1S/C17H38N4/c1-3-18-9-5-7-11-20-14-16-13-17(16)15-21-12-8-6-10-19-4-2/h16-21H,3-15H2,1-2H3/t16-,17?/m0/s1. The van der Waals surface area contributed by atoms with Gasteiger partial charge in [0.25, 0.3) is 0 Å². The van der Waals surface area contributed by atoms with E-state index in [1.807, 2.05) is 0 Å². The van der Waals surface area contributed by atoms with Gasteiger partial charge in [0, 0.05) is 0 Å². The number of rotatable bonds is 16. The minimum absolute atomic E-state index is 0.938. The minimum Gasteiger partial charge on any atom is -0.317 e. The Hall–Kier alpha value is -0.160. The van der Waals surface area contributed by atoms with Gasteiger partial charge in [0.2, 0.25) is 0 Å². The van der Waals surface area contributed by atoms with Gasteiger partial charge in [0.15, 0.2) is 0 Å². The zero-order valence-electron chi connectivity index (χ0n) is 14.3. The second-order valence-electron chi connectivity index (χ2n) is 6.29. The average Bonchev–Trinajstić information content (AvgIpc) is 3.24. The zero-order valence-corrected chi connectivity index (χ0v) is 14.3. The summed E-state index contributed by atoms with van der Waals surface area (Å²) in [6.45, 7) is 13.7. The van der Waals surface area contributed by atoms with Crippen molar-refractivity contribution in [3.63, 3.8) is 0 Å². The molecule has 0 heterocycles. The number of hydrogen-bond acceptors (Lipinski definition) is 4. The fourth-order valence-corrected chi connectivity index (χ4v) is 2.74. The second kappa shape index (κ2) is 13.5. The Morgan fingerprint density at radius 1 is 0.619 bits per heavy atom. The van der Waals surface area contributed by atoms with Crippen LogP contribution in [-0.4, -0.2) is 52.4 Å². The molecule has 0 aromatic rings. The summed E-state index contributed by atoms with van der Waals surface area (Å²) in [5, 5.41) is 14.0. The van der Waals surface area contributed by atoms with E-state index in [2.05, 4.69) is 35.1 Å². The van der Waals surface area contributed by atoms with Crippen LogP contribution in [0.4, 0.5) is 0 Å². The molecule has 4 nitrogen and oxygen atoms in total. The van der Waals surface area contributed by atoms with E-state index in [1.165, 1.54) is 71.4 Å². The molecule has 0 aromatic carbocycles. The number of hydrogen-bond donors (Lipinski definition) is 4. The molecule has 0 radical (unpaired) electrons. The van der Waals surface area contributed by atoms with E-state index in [0.717, 1.165) is 24.9 Å². The minimum atomic E-state index is 0.938. The quantitative estimate of drug-likeness (QED) is 0.327. The molecule has 0 aliphatic heterocycles. The van der Waals surface area contributed by atoms with Gasteiger partial charge in [-0.15, -0.1) is 0 Å². The normalized spacial score (nSPS) is 20.9. The van der Waals surface area contributed by atoms with Crippen molar-refractivity contribution in [1.82, 2.24) is 21.3 Å². The summed E-state index contributed by atoms with van der Waals surface area (Å²) in [6, 6.07) is 0. The third kappa shape index (κ3) is 11.1. The van der Waals surface area contributed by atoms with Crippen LogP contribution in [0.1, 0.15) is 46.0 Å². The van der Waals surface area contributed by atoms with Crippen LogP contribution in [-0.2, 0) is 0 Å². The predicted octanol–water partition coefficient (Wildman–Crippen LogP) is 1.58. The molecule has 4 heteroatoms. The maximum atomic E-state index is 3.62. The summed E-state index contributed by atoms with van der Waals surface area (Å²) in [5.74, 6) is 1.88. The zero-order chi connectivity index (χ0) is 15.2. The lowest BCUT2D eigenvalue weighted by Crippen LogP contribution is -2.23. The van der Waals surface area contributed by atoms with Crippen molar-refractivity contribution in [1.29, 1.82) is 0 Å². The second-order valence-corrected chi connectivity index (χ2v) is 6.29. The Kier molecular flexibility index (Phi) is 12.1. The third-order valence-electron chi connectivity index (χ3n) is 4.30. The van der Waals surface area contributed by atoms with Gasteiger partial charge in [-0.1, -0.05) is 13.8 Å². The molecule has 0 saturated heterocycles. The van der Waals surface area contributed by atoms with E-state index in [9.17, 15) is 0 Å². The van der Waals surface area contributed by atoms with Gasteiger partial charge in [-0.25, -0.2) is 0 Å². The van der Waals surface area contributed by atoms with Crippen molar-refractivity contribution < 1.29 is 0 Å². The average molecular weight is 299 g/mol. The van der Waals surface area contributed by atoms with Crippen molar-refractivity contribution in [2.24, 2.45) is 11.8 Å². The van der Waals surface area contributed by atoms with Crippen LogP contribution < -0.4 is 21.3 Å². The van der Waals surface area contributed by atoms with E-state index in [4.69, 9.17) is 0 Å². The Bertz CT molecular complexity index is 201. The van der Waals surface area contributed by atoms with Crippen molar-refractivity contribution in [2.45, 2.75) is 46.0 Å². The Labute approximate surface area is 132 Å². The molecule has 0 bridgehead atoms. The Balaban J connectivity index is 1.74. The van der Waals surface area contributed by atoms with Gasteiger partial charge < -0.3 is 21.3 Å². The summed E-state index contributed by atoms with van der Waals surface area (Å²) >= 11 is 0. The molecule has 1 aliphatic carbocycles. The fraction of sp³-hybridized carbons (Fsp3) is 1.00. The molecule has 1 saturated carbocycles. The van der Waals surface area contributed by atoms with Gasteiger partial charge in [-0.05, 0) is 96.3 Å². The molecular weight excluding hydrogens is 260 g/mol. The first-order valence-electron chi connectivity index (χ1n) is 9.21. The molecule has 1 aliphatic rings. The maximum Gasteiger partial charge on any atom is -0.00173 e. The van der Waals surface area contributed by atoms with Crippen LogP contribution >= 0.6 is 0 Å². The molecule has 21 heavy (non-hydrogen) atoms. The predicted molar refractivity (Wildman–Crippen MR) is 92.9 cm³/mol. The van der Waals surface area contributed by atoms with Gasteiger partial charge in [0.1, 0.15) is 0 Å².